The van der Waals surface area contributed by atoms with Crippen molar-refractivity contribution >= 4 is 23.1 Å². The molecule has 0 aromatic heterocycles. The Labute approximate surface area is 159 Å². The van der Waals surface area contributed by atoms with Crippen molar-refractivity contribution in [1.82, 2.24) is 0 Å². The van der Waals surface area contributed by atoms with Crippen LogP contribution in [0.2, 0.25) is 0 Å². The Morgan fingerprint density at radius 2 is 2.08 bits per heavy atom. The lowest BCUT2D eigenvalue weighted by Gasteiger charge is -2.17. The SMILES string of the molecule is CCc1cc(F)c(OCc2c(NC(=S)OC)cccc2C2CC2)cc1C. The van der Waals surface area contributed by atoms with Gasteiger partial charge in [-0.1, -0.05) is 19.1 Å². The zero-order valence-corrected chi connectivity index (χ0v) is 16.2. The number of nitrogens with one attached hydrogen (secondary N) is 1. The predicted octanol–water partition coefficient (Wildman–Crippen LogP) is 5.50. The second-order valence-corrected chi connectivity index (χ2v) is 6.99. The van der Waals surface area contributed by atoms with Crippen molar-refractivity contribution in [1.29, 1.82) is 0 Å². The molecule has 1 saturated carbocycles. The van der Waals surface area contributed by atoms with Crippen LogP contribution in [0.3, 0.4) is 0 Å². The number of hydrogen-bond donors (Lipinski definition) is 1. The molecule has 3 nitrogen and oxygen atoms in total. The summed E-state index contributed by atoms with van der Waals surface area (Å²) >= 11 is 5.13. The van der Waals surface area contributed by atoms with E-state index in [1.54, 1.807) is 12.1 Å². The predicted molar refractivity (Wildman–Crippen MR) is 106 cm³/mol. The molecular formula is C21H24FNO2S. The molecule has 1 aliphatic carbocycles. The first kappa shape index (κ1) is 18.6. The van der Waals surface area contributed by atoms with Gasteiger partial charge in [-0.25, -0.2) is 4.39 Å². The Morgan fingerprint density at radius 3 is 2.73 bits per heavy atom. The van der Waals surface area contributed by atoms with Crippen LogP contribution in [0.5, 0.6) is 5.75 Å². The Balaban J connectivity index is 1.87. The molecule has 2 aromatic rings. The van der Waals surface area contributed by atoms with E-state index in [9.17, 15) is 4.39 Å². The van der Waals surface area contributed by atoms with Crippen LogP contribution in [0.15, 0.2) is 30.3 Å². The zero-order chi connectivity index (χ0) is 18.7. The van der Waals surface area contributed by atoms with Gasteiger partial charge < -0.3 is 14.8 Å². The normalized spacial score (nSPS) is 13.4. The first-order valence-electron chi connectivity index (χ1n) is 8.92. The van der Waals surface area contributed by atoms with Crippen LogP contribution in [0.1, 0.15) is 47.9 Å². The van der Waals surface area contributed by atoms with Crippen molar-refractivity contribution in [3.05, 3.63) is 58.4 Å². The average molecular weight is 373 g/mol. The summed E-state index contributed by atoms with van der Waals surface area (Å²) in [5.74, 6) is 0.504. The third-order valence-electron chi connectivity index (χ3n) is 4.79. The van der Waals surface area contributed by atoms with Crippen molar-refractivity contribution in [2.45, 2.75) is 45.6 Å². The van der Waals surface area contributed by atoms with E-state index in [0.29, 0.717) is 11.1 Å². The minimum absolute atomic E-state index is 0.281. The fourth-order valence-corrected chi connectivity index (χ4v) is 3.27. The summed E-state index contributed by atoms with van der Waals surface area (Å²) in [5, 5.41) is 3.40. The van der Waals surface area contributed by atoms with Gasteiger partial charge in [-0.2, -0.15) is 0 Å². The molecule has 138 valence electrons. The van der Waals surface area contributed by atoms with Gasteiger partial charge in [0.2, 0.25) is 0 Å². The number of methoxy groups -OCH3 is 1. The molecule has 2 aromatic carbocycles. The molecule has 0 heterocycles. The van der Waals surface area contributed by atoms with E-state index in [0.717, 1.165) is 28.8 Å². The smallest absolute Gasteiger partial charge is 0.260 e. The van der Waals surface area contributed by atoms with Crippen molar-refractivity contribution in [3.8, 4) is 5.75 Å². The molecule has 0 atom stereocenters. The molecule has 26 heavy (non-hydrogen) atoms. The van der Waals surface area contributed by atoms with E-state index in [2.05, 4.69) is 11.4 Å². The first-order chi connectivity index (χ1) is 12.5. The lowest BCUT2D eigenvalue weighted by atomic mass is 10.0. The fourth-order valence-electron chi connectivity index (χ4n) is 3.16. The Bertz CT molecular complexity index is 818. The molecule has 1 N–H and O–H groups in total. The summed E-state index contributed by atoms with van der Waals surface area (Å²) in [6.07, 6.45) is 3.14. The van der Waals surface area contributed by atoms with Crippen LogP contribution >= 0.6 is 12.2 Å². The second-order valence-electron chi connectivity index (χ2n) is 6.62. The highest BCUT2D eigenvalue weighted by molar-refractivity contribution is 7.80. The van der Waals surface area contributed by atoms with E-state index >= 15 is 0 Å². The van der Waals surface area contributed by atoms with E-state index in [-0.39, 0.29) is 18.2 Å². The van der Waals surface area contributed by atoms with Gasteiger partial charge in [0.15, 0.2) is 11.6 Å². The molecule has 1 fully saturated rings. The molecule has 5 heteroatoms. The van der Waals surface area contributed by atoms with Gasteiger partial charge in [0.25, 0.3) is 5.17 Å². The largest absolute Gasteiger partial charge is 0.486 e. The average Bonchev–Trinajstić information content (AvgIpc) is 3.47. The summed E-state index contributed by atoms with van der Waals surface area (Å²) < 4.78 is 25.3. The number of anilines is 1. The van der Waals surface area contributed by atoms with Gasteiger partial charge >= 0.3 is 0 Å². The third-order valence-corrected chi connectivity index (χ3v) is 5.06. The highest BCUT2D eigenvalue weighted by atomic mass is 32.1. The highest BCUT2D eigenvalue weighted by Crippen LogP contribution is 2.43. The van der Waals surface area contributed by atoms with Gasteiger partial charge in [0.05, 0.1) is 7.11 Å². The number of ether oxygens (including phenoxy) is 2. The molecule has 0 unspecified atom stereocenters. The van der Waals surface area contributed by atoms with Crippen LogP contribution < -0.4 is 10.1 Å². The van der Waals surface area contributed by atoms with E-state index in [1.165, 1.54) is 25.5 Å². The molecule has 1 aliphatic rings. The Hall–Kier alpha value is -2.14. The summed E-state index contributed by atoms with van der Waals surface area (Å²) in [6.45, 7) is 4.28. The van der Waals surface area contributed by atoms with Crippen LogP contribution in [0, 0.1) is 12.7 Å². The third kappa shape index (κ3) is 4.15. The minimum Gasteiger partial charge on any atom is -0.486 e. The number of hydrogen-bond acceptors (Lipinski definition) is 3. The van der Waals surface area contributed by atoms with Crippen LogP contribution in [0.4, 0.5) is 10.1 Å². The van der Waals surface area contributed by atoms with Gasteiger partial charge in [0, 0.05) is 11.3 Å². The number of halogens is 1. The van der Waals surface area contributed by atoms with Crippen molar-refractivity contribution in [2.24, 2.45) is 0 Å². The lowest BCUT2D eigenvalue weighted by Crippen LogP contribution is -2.14. The lowest BCUT2D eigenvalue weighted by molar-refractivity contribution is 0.289. The van der Waals surface area contributed by atoms with E-state index in [1.807, 2.05) is 26.0 Å². The van der Waals surface area contributed by atoms with E-state index < -0.39 is 0 Å². The van der Waals surface area contributed by atoms with Crippen LogP contribution in [0.25, 0.3) is 0 Å². The number of rotatable bonds is 6. The Kier molecular flexibility index (Phi) is 5.77. The monoisotopic (exact) mass is 373 g/mol. The zero-order valence-electron chi connectivity index (χ0n) is 15.4. The van der Waals surface area contributed by atoms with Gasteiger partial charge in [0.1, 0.15) is 6.61 Å². The highest BCUT2D eigenvalue weighted by Gasteiger charge is 2.27. The molecule has 0 amide bonds. The van der Waals surface area contributed by atoms with Crippen LogP contribution in [-0.2, 0) is 17.8 Å². The molecular weight excluding hydrogens is 349 g/mol. The molecule has 0 spiro atoms. The maximum Gasteiger partial charge on any atom is 0.260 e. The maximum atomic E-state index is 14.4. The minimum atomic E-state index is -0.321. The van der Waals surface area contributed by atoms with Crippen molar-refractivity contribution < 1.29 is 13.9 Å². The standard InChI is InChI=1S/C21H24FNO2S/c1-4-14-11-18(22)20(10-13(14)2)25-12-17-16(15-8-9-15)6-5-7-19(17)23-21(26)24-3/h5-7,10-11,15H,4,8-9,12H2,1-3H3,(H,23,26). The molecule has 0 aliphatic heterocycles. The molecule has 3 rings (SSSR count). The number of aryl methyl sites for hydroxylation is 2. The van der Waals surface area contributed by atoms with Crippen molar-refractivity contribution in [2.75, 3.05) is 12.4 Å². The number of thiocarbonyl (C=S) groups is 1. The topological polar surface area (TPSA) is 30.5 Å². The van der Waals surface area contributed by atoms with E-state index in [4.69, 9.17) is 21.7 Å². The summed E-state index contributed by atoms with van der Waals surface area (Å²) in [7, 11) is 1.53. The quantitative estimate of drug-likeness (QED) is 0.678. The van der Waals surface area contributed by atoms with Gasteiger partial charge in [-0.3, -0.25) is 0 Å². The second kappa shape index (κ2) is 8.04. The maximum absolute atomic E-state index is 14.4. The molecule has 0 radical (unpaired) electrons. The molecule has 0 bridgehead atoms. The first-order valence-corrected chi connectivity index (χ1v) is 9.32. The van der Waals surface area contributed by atoms with Crippen molar-refractivity contribution in [3.63, 3.8) is 0 Å². The summed E-state index contributed by atoms with van der Waals surface area (Å²) in [6, 6.07) is 9.40. The van der Waals surface area contributed by atoms with Crippen LogP contribution in [-0.4, -0.2) is 12.3 Å². The summed E-state index contributed by atoms with van der Waals surface area (Å²) in [4.78, 5) is 0. The Morgan fingerprint density at radius 1 is 1.31 bits per heavy atom. The summed E-state index contributed by atoms with van der Waals surface area (Å²) in [5.41, 5.74) is 5.13. The van der Waals surface area contributed by atoms with Gasteiger partial charge in [-0.15, -0.1) is 0 Å². The van der Waals surface area contributed by atoms with Gasteiger partial charge in [-0.05, 0) is 79.2 Å². The number of benzene rings is 2. The fraction of sp³-hybridized carbons (Fsp3) is 0.381. The molecule has 0 saturated heterocycles.